The van der Waals surface area contributed by atoms with E-state index in [-0.39, 0.29) is 23.5 Å². The Morgan fingerprint density at radius 3 is 2.48 bits per heavy atom. The van der Waals surface area contributed by atoms with Crippen LogP contribution >= 0.6 is 27.5 Å². The Balaban J connectivity index is 1.94. The van der Waals surface area contributed by atoms with Crippen LogP contribution in [0.2, 0.25) is 5.02 Å². The van der Waals surface area contributed by atoms with Gasteiger partial charge in [-0.1, -0.05) is 34.5 Å². The lowest BCUT2D eigenvalue weighted by molar-refractivity contribution is -0.118. The molecule has 0 fully saturated rings. The maximum absolute atomic E-state index is 12.2. The summed E-state index contributed by atoms with van der Waals surface area (Å²) in [5.74, 6) is 0.00917. The summed E-state index contributed by atoms with van der Waals surface area (Å²) in [5, 5.41) is 3.03. The van der Waals surface area contributed by atoms with Crippen molar-refractivity contribution in [2.45, 2.75) is 31.2 Å². The molecule has 146 valence electrons. The molecule has 0 radical (unpaired) electrons. The highest BCUT2D eigenvalue weighted by Crippen LogP contribution is 2.27. The van der Waals surface area contributed by atoms with Gasteiger partial charge in [-0.25, -0.2) is 13.1 Å². The quantitative estimate of drug-likeness (QED) is 0.599. The van der Waals surface area contributed by atoms with Crippen molar-refractivity contribution in [2.75, 3.05) is 11.9 Å². The lowest BCUT2D eigenvalue weighted by Crippen LogP contribution is -2.31. The van der Waals surface area contributed by atoms with Gasteiger partial charge in [-0.3, -0.25) is 4.79 Å². The molecule has 0 heterocycles. The van der Waals surface area contributed by atoms with Crippen molar-refractivity contribution in [3.8, 4) is 5.75 Å². The Bertz CT molecular complexity index is 904. The van der Waals surface area contributed by atoms with Gasteiger partial charge in [0.15, 0.2) is 6.61 Å². The average molecular weight is 476 g/mol. The van der Waals surface area contributed by atoms with Crippen LogP contribution in [0.5, 0.6) is 5.75 Å². The number of sulfonamides is 1. The Hall–Kier alpha value is -1.61. The van der Waals surface area contributed by atoms with Gasteiger partial charge in [0.1, 0.15) is 5.75 Å². The van der Waals surface area contributed by atoms with Crippen LogP contribution in [0.15, 0.2) is 51.8 Å². The molecule has 1 unspecified atom stereocenters. The van der Waals surface area contributed by atoms with Crippen molar-refractivity contribution in [3.63, 3.8) is 0 Å². The fourth-order valence-electron chi connectivity index (χ4n) is 2.07. The molecule has 0 saturated heterocycles. The molecule has 6 nitrogen and oxygen atoms in total. The Kier molecular flexibility index (Phi) is 7.67. The first kappa shape index (κ1) is 21.7. The number of carbonyl (C=O) groups is 1. The van der Waals surface area contributed by atoms with Crippen LogP contribution in [0.1, 0.15) is 20.3 Å². The first-order chi connectivity index (χ1) is 12.7. The zero-order chi connectivity index (χ0) is 20.0. The Morgan fingerprint density at radius 2 is 1.89 bits per heavy atom. The topological polar surface area (TPSA) is 84.5 Å². The Morgan fingerprint density at radius 1 is 1.22 bits per heavy atom. The summed E-state index contributed by atoms with van der Waals surface area (Å²) >= 11 is 9.32. The summed E-state index contributed by atoms with van der Waals surface area (Å²) in [6.07, 6.45) is 0.690. The van der Waals surface area contributed by atoms with Crippen molar-refractivity contribution < 1.29 is 17.9 Å². The van der Waals surface area contributed by atoms with E-state index in [1.807, 2.05) is 6.92 Å². The number of nitrogens with one attached hydrogen (secondary N) is 2. The van der Waals surface area contributed by atoms with E-state index in [9.17, 15) is 13.2 Å². The van der Waals surface area contributed by atoms with Crippen LogP contribution in [-0.2, 0) is 14.8 Å². The standard InChI is InChI=1S/C18H20BrClN2O4S/c1-3-12(2)22-27(24,25)15-7-5-14(6-8-15)21-18(23)11-26-17-9-4-13(19)10-16(17)20/h4-10,12,22H,3,11H2,1-2H3,(H,21,23). The van der Waals surface area contributed by atoms with Crippen molar-refractivity contribution >= 4 is 49.1 Å². The van der Waals surface area contributed by atoms with Crippen molar-refractivity contribution in [1.29, 1.82) is 0 Å². The highest BCUT2D eigenvalue weighted by molar-refractivity contribution is 9.10. The summed E-state index contributed by atoms with van der Waals surface area (Å²) in [7, 11) is -3.58. The van der Waals surface area contributed by atoms with Crippen LogP contribution in [0.4, 0.5) is 5.69 Å². The number of benzene rings is 2. The fourth-order valence-corrected chi connectivity index (χ4v) is 4.12. The number of rotatable bonds is 8. The van der Waals surface area contributed by atoms with E-state index in [1.165, 1.54) is 24.3 Å². The SMILES string of the molecule is CCC(C)NS(=O)(=O)c1ccc(NC(=O)COc2ccc(Br)cc2Cl)cc1. The third-order valence-corrected chi connectivity index (χ3v) is 6.06. The number of carbonyl (C=O) groups excluding carboxylic acids is 1. The monoisotopic (exact) mass is 474 g/mol. The molecular weight excluding hydrogens is 456 g/mol. The summed E-state index contributed by atoms with van der Waals surface area (Å²) in [4.78, 5) is 12.1. The molecule has 1 atom stereocenters. The van der Waals surface area contributed by atoms with E-state index < -0.39 is 10.0 Å². The number of ether oxygens (including phenoxy) is 1. The second kappa shape index (κ2) is 9.54. The number of hydrogen-bond acceptors (Lipinski definition) is 4. The zero-order valence-corrected chi connectivity index (χ0v) is 18.0. The molecule has 0 aliphatic heterocycles. The predicted molar refractivity (Wildman–Crippen MR) is 110 cm³/mol. The van der Waals surface area contributed by atoms with Crippen molar-refractivity contribution in [1.82, 2.24) is 4.72 Å². The van der Waals surface area contributed by atoms with Gasteiger partial charge in [0.05, 0.1) is 9.92 Å². The molecule has 0 bridgehead atoms. The van der Waals surface area contributed by atoms with Gasteiger partial charge in [0.25, 0.3) is 5.91 Å². The lowest BCUT2D eigenvalue weighted by atomic mass is 10.3. The zero-order valence-electron chi connectivity index (χ0n) is 14.8. The predicted octanol–water partition coefficient (Wildman–Crippen LogP) is 4.20. The molecule has 2 aromatic rings. The van der Waals surface area contributed by atoms with Gasteiger partial charge in [-0.05, 0) is 55.8 Å². The molecule has 27 heavy (non-hydrogen) atoms. The van der Waals surface area contributed by atoms with E-state index in [0.717, 1.165) is 4.47 Å². The third-order valence-electron chi connectivity index (χ3n) is 3.67. The smallest absolute Gasteiger partial charge is 0.262 e. The van der Waals surface area contributed by atoms with Crippen molar-refractivity contribution in [3.05, 3.63) is 52.0 Å². The summed E-state index contributed by atoms with van der Waals surface area (Å²) in [5.41, 5.74) is 0.466. The summed E-state index contributed by atoms with van der Waals surface area (Å²) < 4.78 is 33.2. The number of hydrogen-bond donors (Lipinski definition) is 2. The molecular formula is C18H20BrClN2O4S. The van der Waals surface area contributed by atoms with Crippen LogP contribution in [0.25, 0.3) is 0 Å². The second-order valence-corrected chi connectivity index (χ2v) is 8.90. The van der Waals surface area contributed by atoms with Gasteiger partial charge >= 0.3 is 0 Å². The lowest BCUT2D eigenvalue weighted by Gasteiger charge is -2.13. The molecule has 0 saturated carbocycles. The van der Waals surface area contributed by atoms with E-state index in [0.29, 0.717) is 22.9 Å². The fraction of sp³-hybridized carbons (Fsp3) is 0.278. The van der Waals surface area contributed by atoms with Gasteiger partial charge in [0.2, 0.25) is 10.0 Å². The highest BCUT2D eigenvalue weighted by atomic mass is 79.9. The molecule has 2 N–H and O–H groups in total. The second-order valence-electron chi connectivity index (χ2n) is 5.87. The minimum absolute atomic E-state index is 0.138. The summed E-state index contributed by atoms with van der Waals surface area (Å²) in [6, 6.07) is 10.8. The minimum Gasteiger partial charge on any atom is -0.482 e. The first-order valence-corrected chi connectivity index (χ1v) is 10.9. The van der Waals surface area contributed by atoms with Crippen LogP contribution < -0.4 is 14.8 Å². The maximum atomic E-state index is 12.2. The average Bonchev–Trinajstić information content (AvgIpc) is 2.61. The number of anilines is 1. The van der Waals surface area contributed by atoms with Gasteiger partial charge in [-0.2, -0.15) is 0 Å². The van der Waals surface area contributed by atoms with E-state index in [2.05, 4.69) is 26.0 Å². The van der Waals surface area contributed by atoms with Gasteiger partial charge in [0, 0.05) is 16.2 Å². The number of amides is 1. The van der Waals surface area contributed by atoms with Crippen LogP contribution in [0, 0.1) is 0 Å². The molecule has 1 amide bonds. The number of halogens is 2. The molecule has 2 aromatic carbocycles. The molecule has 0 aromatic heterocycles. The van der Waals surface area contributed by atoms with E-state index >= 15 is 0 Å². The normalized spacial score (nSPS) is 12.4. The first-order valence-electron chi connectivity index (χ1n) is 8.21. The third kappa shape index (κ3) is 6.49. The van der Waals surface area contributed by atoms with Crippen LogP contribution in [0.3, 0.4) is 0 Å². The van der Waals surface area contributed by atoms with Gasteiger partial charge in [-0.15, -0.1) is 0 Å². The van der Waals surface area contributed by atoms with E-state index in [4.69, 9.17) is 16.3 Å². The highest BCUT2D eigenvalue weighted by Gasteiger charge is 2.16. The Labute approximate surface area is 172 Å². The minimum atomic E-state index is -3.58. The largest absolute Gasteiger partial charge is 0.482 e. The van der Waals surface area contributed by atoms with Crippen molar-refractivity contribution in [2.24, 2.45) is 0 Å². The molecule has 0 aliphatic rings. The van der Waals surface area contributed by atoms with Crippen LogP contribution in [-0.4, -0.2) is 27.0 Å². The van der Waals surface area contributed by atoms with Gasteiger partial charge < -0.3 is 10.1 Å². The molecule has 9 heteroatoms. The molecule has 0 spiro atoms. The summed E-state index contributed by atoms with van der Waals surface area (Å²) in [6.45, 7) is 3.47. The molecule has 2 rings (SSSR count). The maximum Gasteiger partial charge on any atom is 0.262 e. The molecule has 0 aliphatic carbocycles. The van der Waals surface area contributed by atoms with E-state index in [1.54, 1.807) is 25.1 Å².